The first-order chi connectivity index (χ1) is 18.4. The van der Waals surface area contributed by atoms with Gasteiger partial charge in [-0.3, -0.25) is 4.79 Å². The molecule has 0 fully saturated rings. The lowest BCUT2D eigenvalue weighted by Crippen LogP contribution is -2.48. The molecule has 210 valence electrons. The minimum atomic E-state index is -3.55. The molecule has 0 aliphatic heterocycles. The first kappa shape index (κ1) is 30.4. The van der Waals surface area contributed by atoms with Crippen molar-refractivity contribution in [1.82, 2.24) is 9.62 Å². The van der Waals surface area contributed by atoms with Crippen molar-refractivity contribution in [1.29, 1.82) is 0 Å². The summed E-state index contributed by atoms with van der Waals surface area (Å²) in [7, 11) is -3.55. The third-order valence-electron chi connectivity index (χ3n) is 7.16. The van der Waals surface area contributed by atoms with Gasteiger partial charge in [0.15, 0.2) is 0 Å². The van der Waals surface area contributed by atoms with Crippen LogP contribution in [0.3, 0.4) is 0 Å². The van der Waals surface area contributed by atoms with E-state index in [-0.39, 0.29) is 37.8 Å². The van der Waals surface area contributed by atoms with Crippen molar-refractivity contribution in [2.24, 2.45) is 0 Å². The number of sulfonamides is 1. The van der Waals surface area contributed by atoms with Crippen LogP contribution in [0.1, 0.15) is 29.5 Å². The molecule has 4 rings (SSSR count). The zero-order chi connectivity index (χ0) is 28.3. The minimum Gasteiger partial charge on any atom is -0.391 e. The van der Waals surface area contributed by atoms with E-state index in [1.807, 2.05) is 24.3 Å². The Morgan fingerprint density at radius 3 is 2.31 bits per heavy atom. The molecule has 1 amide bonds. The van der Waals surface area contributed by atoms with E-state index in [0.717, 1.165) is 16.7 Å². The fourth-order valence-corrected chi connectivity index (χ4v) is 6.92. The fourth-order valence-electron chi connectivity index (χ4n) is 5.10. The lowest BCUT2D eigenvalue weighted by Gasteiger charge is -2.30. The number of aliphatic hydroxyl groups is 1. The zero-order valence-corrected chi connectivity index (χ0v) is 25.1. The van der Waals surface area contributed by atoms with Crippen LogP contribution in [-0.4, -0.2) is 60.1 Å². The van der Waals surface area contributed by atoms with Crippen molar-refractivity contribution in [2.45, 2.75) is 55.7 Å². The zero-order valence-electron chi connectivity index (χ0n) is 21.3. The molecule has 0 aromatic heterocycles. The number of halogens is 4. The standard InChI is InChI=1S/C28H30Cl4N2O4S/c1-39(37,38)34(21-14-18-4-2-3-5-19(18)15-21)11-10-27(35)26(13-17-6-8-22(29)24(31)12-17)33-28(36)20-7-9-23(30)25(32)16-20/h2-9,12,21,25-27,35H,10-11,13-16H2,1H3,(H,33,36)/t25?,26-,27?/m0/s1. The number of nitrogens with one attached hydrogen (secondary N) is 1. The Bertz CT molecular complexity index is 1370. The molecule has 0 bridgehead atoms. The maximum Gasteiger partial charge on any atom is 0.247 e. The second kappa shape index (κ2) is 12.9. The van der Waals surface area contributed by atoms with Gasteiger partial charge in [-0.05, 0) is 67.0 Å². The van der Waals surface area contributed by atoms with E-state index in [9.17, 15) is 18.3 Å². The SMILES string of the molecule is CS(=O)(=O)N(CCC(O)[C@H](Cc1ccc(Cl)c(Cl)c1)NC(=O)C1=CC=C(Cl)C(Cl)C1)C1Cc2ccccc2C1. The number of carbonyl (C=O) groups is 1. The Balaban J connectivity index is 1.50. The molecule has 0 heterocycles. The van der Waals surface area contributed by atoms with E-state index in [2.05, 4.69) is 5.32 Å². The van der Waals surface area contributed by atoms with Gasteiger partial charge in [-0.15, -0.1) is 11.6 Å². The first-order valence-corrected chi connectivity index (χ1v) is 16.0. The smallest absolute Gasteiger partial charge is 0.247 e. The Morgan fingerprint density at radius 1 is 1.05 bits per heavy atom. The van der Waals surface area contributed by atoms with Crippen molar-refractivity contribution >= 4 is 62.3 Å². The molecule has 2 unspecified atom stereocenters. The number of fused-ring (bicyclic) bond motifs is 1. The highest BCUT2D eigenvalue weighted by Gasteiger charge is 2.33. The summed E-state index contributed by atoms with van der Waals surface area (Å²) in [6, 6.07) is 12.1. The highest BCUT2D eigenvalue weighted by Crippen LogP contribution is 2.29. The predicted octanol–water partition coefficient (Wildman–Crippen LogP) is 5.26. The van der Waals surface area contributed by atoms with Crippen molar-refractivity contribution in [3.05, 3.63) is 92.0 Å². The third-order valence-corrected chi connectivity index (χ3v) is 10.1. The molecule has 2 aliphatic rings. The van der Waals surface area contributed by atoms with Gasteiger partial charge in [-0.2, -0.15) is 4.31 Å². The Hall–Kier alpha value is -1.58. The molecule has 39 heavy (non-hydrogen) atoms. The van der Waals surface area contributed by atoms with Crippen LogP contribution in [0.5, 0.6) is 0 Å². The normalized spacial score (nSPS) is 19.3. The van der Waals surface area contributed by atoms with Gasteiger partial charge >= 0.3 is 0 Å². The van der Waals surface area contributed by atoms with Gasteiger partial charge in [0.1, 0.15) is 0 Å². The summed E-state index contributed by atoms with van der Waals surface area (Å²) in [6.07, 6.45) is 5.20. The average molecular weight is 632 g/mol. The average Bonchev–Trinajstić information content (AvgIpc) is 3.30. The molecule has 11 heteroatoms. The maximum absolute atomic E-state index is 13.1. The molecule has 3 atom stereocenters. The lowest BCUT2D eigenvalue weighted by atomic mass is 9.97. The molecule has 2 N–H and O–H groups in total. The number of amides is 1. The van der Waals surface area contributed by atoms with Gasteiger partial charge in [0.05, 0.1) is 33.8 Å². The van der Waals surface area contributed by atoms with Crippen LogP contribution in [0.4, 0.5) is 0 Å². The monoisotopic (exact) mass is 630 g/mol. The van der Waals surface area contributed by atoms with Crippen LogP contribution in [0.15, 0.2) is 65.2 Å². The summed E-state index contributed by atoms with van der Waals surface area (Å²) in [4.78, 5) is 13.1. The van der Waals surface area contributed by atoms with E-state index >= 15 is 0 Å². The molecule has 0 radical (unpaired) electrons. The van der Waals surface area contributed by atoms with E-state index in [4.69, 9.17) is 46.4 Å². The molecular formula is C28H30Cl4N2O4S. The second-order valence-corrected chi connectivity index (χ2v) is 13.7. The number of benzene rings is 2. The molecule has 2 aromatic rings. The number of nitrogens with zero attached hydrogens (tertiary/aromatic N) is 1. The van der Waals surface area contributed by atoms with Gasteiger partial charge in [-0.1, -0.05) is 71.2 Å². The Kier molecular flexibility index (Phi) is 10.1. The number of carbonyl (C=O) groups excluding carboxylic acids is 1. The quantitative estimate of drug-likeness (QED) is 0.350. The molecule has 0 saturated heterocycles. The summed E-state index contributed by atoms with van der Waals surface area (Å²) < 4.78 is 27.0. The summed E-state index contributed by atoms with van der Waals surface area (Å²) in [5.41, 5.74) is 3.46. The van der Waals surface area contributed by atoms with Gasteiger partial charge in [0.2, 0.25) is 15.9 Å². The number of rotatable bonds is 10. The number of hydrogen-bond donors (Lipinski definition) is 2. The van der Waals surface area contributed by atoms with E-state index in [0.29, 0.717) is 33.5 Å². The van der Waals surface area contributed by atoms with Crippen molar-refractivity contribution in [3.63, 3.8) is 0 Å². The molecule has 2 aliphatic carbocycles. The Labute approximate surface area is 249 Å². The first-order valence-electron chi connectivity index (χ1n) is 12.6. The number of allylic oxidation sites excluding steroid dienone is 3. The van der Waals surface area contributed by atoms with Gasteiger partial charge in [0.25, 0.3) is 0 Å². The topological polar surface area (TPSA) is 86.7 Å². The van der Waals surface area contributed by atoms with Crippen LogP contribution in [0.2, 0.25) is 10.0 Å². The number of alkyl halides is 1. The van der Waals surface area contributed by atoms with E-state index in [1.165, 1.54) is 10.6 Å². The predicted molar refractivity (Wildman–Crippen MR) is 158 cm³/mol. The maximum atomic E-state index is 13.1. The summed E-state index contributed by atoms with van der Waals surface area (Å²) in [6.45, 7) is 0.108. The fraction of sp³-hybridized carbons (Fsp3) is 0.393. The van der Waals surface area contributed by atoms with Gasteiger partial charge in [0, 0.05) is 23.2 Å². The Morgan fingerprint density at radius 2 is 1.72 bits per heavy atom. The van der Waals surface area contributed by atoms with Crippen LogP contribution in [0, 0.1) is 0 Å². The van der Waals surface area contributed by atoms with Crippen LogP contribution >= 0.6 is 46.4 Å². The van der Waals surface area contributed by atoms with Crippen LogP contribution in [-0.2, 0) is 34.1 Å². The molecule has 2 aromatic carbocycles. The van der Waals surface area contributed by atoms with E-state index in [1.54, 1.807) is 30.4 Å². The van der Waals surface area contributed by atoms with Crippen LogP contribution in [0.25, 0.3) is 0 Å². The van der Waals surface area contributed by atoms with Gasteiger partial charge < -0.3 is 10.4 Å². The molecular weight excluding hydrogens is 602 g/mol. The molecule has 0 spiro atoms. The van der Waals surface area contributed by atoms with Crippen molar-refractivity contribution in [2.75, 3.05) is 12.8 Å². The summed E-state index contributed by atoms with van der Waals surface area (Å²) in [5, 5.41) is 14.9. The number of hydrogen-bond acceptors (Lipinski definition) is 4. The van der Waals surface area contributed by atoms with Gasteiger partial charge in [-0.25, -0.2) is 8.42 Å². The second-order valence-electron chi connectivity index (χ2n) is 10.0. The summed E-state index contributed by atoms with van der Waals surface area (Å²) in [5.74, 6) is -0.378. The highest BCUT2D eigenvalue weighted by molar-refractivity contribution is 7.88. The molecule has 0 saturated carbocycles. The van der Waals surface area contributed by atoms with E-state index < -0.39 is 27.5 Å². The van der Waals surface area contributed by atoms with Crippen molar-refractivity contribution in [3.8, 4) is 0 Å². The highest BCUT2D eigenvalue weighted by atomic mass is 35.5. The third kappa shape index (κ3) is 7.79. The largest absolute Gasteiger partial charge is 0.391 e. The van der Waals surface area contributed by atoms with Crippen LogP contribution < -0.4 is 5.32 Å². The lowest BCUT2D eigenvalue weighted by molar-refractivity contribution is -0.119. The molecule has 6 nitrogen and oxygen atoms in total. The minimum absolute atomic E-state index is 0.108. The number of aliphatic hydroxyl groups excluding tert-OH is 1. The van der Waals surface area contributed by atoms with Crippen molar-refractivity contribution < 1.29 is 18.3 Å². The summed E-state index contributed by atoms with van der Waals surface area (Å²) >= 11 is 24.5.